The van der Waals surface area contributed by atoms with Crippen LogP contribution >= 0.6 is 11.6 Å². The van der Waals surface area contributed by atoms with Crippen molar-refractivity contribution in [2.45, 2.75) is 6.54 Å². The second kappa shape index (κ2) is 7.65. The first kappa shape index (κ1) is 16.8. The van der Waals surface area contributed by atoms with Crippen LogP contribution < -0.4 is 10.5 Å². The van der Waals surface area contributed by atoms with Gasteiger partial charge in [-0.15, -0.1) is 0 Å². The number of nitrogens with zero attached hydrogens (tertiary/aromatic N) is 1. The van der Waals surface area contributed by atoms with E-state index in [0.29, 0.717) is 17.3 Å². The molecule has 0 aromatic heterocycles. The predicted octanol–water partition coefficient (Wildman–Crippen LogP) is 2.48. The lowest BCUT2D eigenvalue weighted by Crippen LogP contribution is -2.31. The van der Waals surface area contributed by atoms with Gasteiger partial charge in [-0.3, -0.25) is 9.59 Å². The number of para-hydroxylation sites is 1. The molecule has 0 bridgehead atoms. The van der Waals surface area contributed by atoms with Crippen LogP contribution in [0.3, 0.4) is 0 Å². The second-order valence-electron chi connectivity index (χ2n) is 5.03. The lowest BCUT2D eigenvalue weighted by atomic mass is 10.2. The number of amides is 2. The summed E-state index contributed by atoms with van der Waals surface area (Å²) in [6, 6.07) is 13.8. The molecule has 0 saturated carbocycles. The SMILES string of the molecule is CN(Cc1ccc(Cl)cc1)C(=O)COc1ccccc1C(N)=O. The number of hydrogen-bond acceptors (Lipinski definition) is 3. The van der Waals surface area contributed by atoms with Crippen LogP contribution in [0.2, 0.25) is 5.02 Å². The van der Waals surface area contributed by atoms with Crippen molar-refractivity contribution in [2.75, 3.05) is 13.7 Å². The topological polar surface area (TPSA) is 72.6 Å². The van der Waals surface area contributed by atoms with Gasteiger partial charge >= 0.3 is 0 Å². The van der Waals surface area contributed by atoms with Crippen LogP contribution in [0.4, 0.5) is 0 Å². The normalized spacial score (nSPS) is 10.2. The third kappa shape index (κ3) is 4.72. The number of carbonyl (C=O) groups is 2. The summed E-state index contributed by atoms with van der Waals surface area (Å²) >= 11 is 5.83. The predicted molar refractivity (Wildman–Crippen MR) is 88.4 cm³/mol. The van der Waals surface area contributed by atoms with Crippen molar-refractivity contribution >= 4 is 23.4 Å². The highest BCUT2D eigenvalue weighted by molar-refractivity contribution is 6.30. The standard InChI is InChI=1S/C17H17ClN2O3/c1-20(10-12-6-8-13(18)9-7-12)16(21)11-23-15-5-3-2-4-14(15)17(19)22/h2-9H,10-11H2,1H3,(H2,19,22). The number of ether oxygens (including phenoxy) is 1. The average Bonchev–Trinajstić information content (AvgIpc) is 2.54. The first-order valence-corrected chi connectivity index (χ1v) is 7.35. The summed E-state index contributed by atoms with van der Waals surface area (Å²) in [5, 5.41) is 0.647. The number of benzene rings is 2. The Bertz CT molecular complexity index is 701. The number of likely N-dealkylation sites (N-methyl/N-ethyl adjacent to an activating group) is 1. The Hall–Kier alpha value is -2.53. The van der Waals surface area contributed by atoms with Crippen LogP contribution in [0.25, 0.3) is 0 Å². The largest absolute Gasteiger partial charge is 0.483 e. The maximum Gasteiger partial charge on any atom is 0.260 e. The summed E-state index contributed by atoms with van der Waals surface area (Å²) in [4.78, 5) is 25.0. The Balaban J connectivity index is 1.94. The molecule has 23 heavy (non-hydrogen) atoms. The van der Waals surface area contributed by atoms with Crippen LogP contribution in [0.15, 0.2) is 48.5 Å². The van der Waals surface area contributed by atoms with Gasteiger partial charge in [0.05, 0.1) is 5.56 Å². The van der Waals surface area contributed by atoms with Crippen molar-refractivity contribution in [3.63, 3.8) is 0 Å². The number of nitrogens with two attached hydrogens (primary N) is 1. The van der Waals surface area contributed by atoms with E-state index in [-0.39, 0.29) is 18.1 Å². The minimum absolute atomic E-state index is 0.172. The van der Waals surface area contributed by atoms with Crippen LogP contribution in [-0.4, -0.2) is 30.4 Å². The van der Waals surface area contributed by atoms with E-state index in [0.717, 1.165) is 5.56 Å². The van der Waals surface area contributed by atoms with Crippen LogP contribution in [-0.2, 0) is 11.3 Å². The van der Waals surface area contributed by atoms with E-state index in [1.807, 2.05) is 12.1 Å². The fourth-order valence-corrected chi connectivity index (χ4v) is 2.12. The molecule has 0 fully saturated rings. The number of halogens is 1. The Morgan fingerprint density at radius 3 is 2.43 bits per heavy atom. The van der Waals surface area contributed by atoms with Gasteiger partial charge in [-0.2, -0.15) is 0 Å². The molecule has 0 atom stereocenters. The molecule has 2 aromatic carbocycles. The fourth-order valence-electron chi connectivity index (χ4n) is 2.00. The molecule has 0 aliphatic heterocycles. The summed E-state index contributed by atoms with van der Waals surface area (Å²) in [5.41, 5.74) is 6.48. The second-order valence-corrected chi connectivity index (χ2v) is 5.46. The van der Waals surface area contributed by atoms with Crippen LogP contribution in [0, 0.1) is 0 Å². The van der Waals surface area contributed by atoms with Gasteiger partial charge in [0, 0.05) is 18.6 Å². The Kier molecular flexibility index (Phi) is 5.60. The monoisotopic (exact) mass is 332 g/mol. The number of hydrogen-bond donors (Lipinski definition) is 1. The van der Waals surface area contributed by atoms with Crippen molar-refractivity contribution < 1.29 is 14.3 Å². The first-order chi connectivity index (χ1) is 11.0. The van der Waals surface area contributed by atoms with E-state index >= 15 is 0 Å². The molecule has 2 aromatic rings. The van der Waals surface area contributed by atoms with Crippen LogP contribution in [0.5, 0.6) is 5.75 Å². The number of carbonyl (C=O) groups excluding carboxylic acids is 2. The quantitative estimate of drug-likeness (QED) is 0.883. The third-order valence-corrected chi connectivity index (χ3v) is 3.51. The van der Waals surface area contributed by atoms with Gasteiger partial charge in [-0.25, -0.2) is 0 Å². The molecule has 0 heterocycles. The van der Waals surface area contributed by atoms with E-state index in [1.165, 1.54) is 4.90 Å². The van der Waals surface area contributed by atoms with Gasteiger partial charge in [-0.1, -0.05) is 35.9 Å². The molecule has 0 aliphatic rings. The lowest BCUT2D eigenvalue weighted by molar-refractivity contribution is -0.132. The zero-order chi connectivity index (χ0) is 16.8. The van der Waals surface area contributed by atoms with Crippen molar-refractivity contribution in [3.8, 4) is 5.75 Å². The molecule has 0 radical (unpaired) electrons. The minimum Gasteiger partial charge on any atom is -0.483 e. The van der Waals surface area contributed by atoms with Gasteiger partial charge in [0.15, 0.2) is 6.61 Å². The zero-order valence-corrected chi connectivity index (χ0v) is 13.4. The highest BCUT2D eigenvalue weighted by Crippen LogP contribution is 2.17. The summed E-state index contributed by atoms with van der Waals surface area (Å²) < 4.78 is 5.43. The molecular weight excluding hydrogens is 316 g/mol. The molecule has 0 spiro atoms. The lowest BCUT2D eigenvalue weighted by Gasteiger charge is -2.18. The molecule has 2 amide bonds. The molecule has 5 nitrogen and oxygen atoms in total. The molecule has 6 heteroatoms. The molecule has 120 valence electrons. The van der Waals surface area contributed by atoms with Gasteiger partial charge in [0.1, 0.15) is 5.75 Å². The Morgan fingerprint density at radius 2 is 1.78 bits per heavy atom. The third-order valence-electron chi connectivity index (χ3n) is 3.26. The summed E-state index contributed by atoms with van der Waals surface area (Å²) in [6.07, 6.45) is 0. The van der Waals surface area contributed by atoms with Crippen molar-refractivity contribution in [1.82, 2.24) is 4.90 Å². The maximum absolute atomic E-state index is 12.1. The summed E-state index contributed by atoms with van der Waals surface area (Å²) in [7, 11) is 1.68. The number of primary amides is 1. The molecular formula is C17H17ClN2O3. The van der Waals surface area contributed by atoms with Gasteiger partial charge in [0.2, 0.25) is 0 Å². The van der Waals surface area contributed by atoms with Crippen molar-refractivity contribution in [1.29, 1.82) is 0 Å². The van der Waals surface area contributed by atoms with Crippen LogP contribution in [0.1, 0.15) is 15.9 Å². The number of rotatable bonds is 6. The smallest absolute Gasteiger partial charge is 0.260 e. The Morgan fingerprint density at radius 1 is 1.13 bits per heavy atom. The zero-order valence-electron chi connectivity index (χ0n) is 12.7. The Labute approximate surface area is 139 Å². The van der Waals surface area contributed by atoms with E-state index in [4.69, 9.17) is 22.1 Å². The van der Waals surface area contributed by atoms with Gasteiger partial charge in [0.25, 0.3) is 11.8 Å². The summed E-state index contributed by atoms with van der Waals surface area (Å²) in [6.45, 7) is 0.269. The van der Waals surface area contributed by atoms with E-state index < -0.39 is 5.91 Å². The van der Waals surface area contributed by atoms with Gasteiger partial charge in [-0.05, 0) is 29.8 Å². The molecule has 0 aliphatic carbocycles. The van der Waals surface area contributed by atoms with E-state index in [2.05, 4.69) is 0 Å². The molecule has 0 unspecified atom stereocenters. The highest BCUT2D eigenvalue weighted by atomic mass is 35.5. The average molecular weight is 333 g/mol. The van der Waals surface area contributed by atoms with Crippen molar-refractivity contribution in [3.05, 3.63) is 64.7 Å². The highest BCUT2D eigenvalue weighted by Gasteiger charge is 2.13. The van der Waals surface area contributed by atoms with E-state index in [1.54, 1.807) is 43.4 Å². The fraction of sp³-hybridized carbons (Fsp3) is 0.176. The summed E-state index contributed by atoms with van der Waals surface area (Å²) in [5.74, 6) is -0.505. The van der Waals surface area contributed by atoms with E-state index in [9.17, 15) is 9.59 Å². The molecule has 2 rings (SSSR count). The molecule has 2 N–H and O–H groups in total. The minimum atomic E-state index is -0.595. The maximum atomic E-state index is 12.1. The molecule has 0 saturated heterocycles. The van der Waals surface area contributed by atoms with Gasteiger partial charge < -0.3 is 15.4 Å². The first-order valence-electron chi connectivity index (χ1n) is 6.97. The van der Waals surface area contributed by atoms with Crippen molar-refractivity contribution in [2.24, 2.45) is 5.73 Å².